The van der Waals surface area contributed by atoms with Gasteiger partial charge in [-0.3, -0.25) is 4.79 Å². The normalized spacial score (nSPS) is 16.3. The Morgan fingerprint density at radius 2 is 2.13 bits per heavy atom. The zero-order valence-electron chi connectivity index (χ0n) is 13.3. The van der Waals surface area contributed by atoms with Crippen LogP contribution in [0.1, 0.15) is 38.2 Å². The third-order valence-electron chi connectivity index (χ3n) is 4.03. The number of aryl methyl sites for hydroxylation is 1. The largest absolute Gasteiger partial charge is 0.396 e. The van der Waals surface area contributed by atoms with E-state index < -0.39 is 10.0 Å². The molecule has 1 unspecified atom stereocenters. The van der Waals surface area contributed by atoms with Gasteiger partial charge in [0, 0.05) is 25.3 Å². The highest BCUT2D eigenvalue weighted by atomic mass is 32.2. The molecule has 3 N–H and O–H groups in total. The predicted molar refractivity (Wildman–Crippen MR) is 88.7 cm³/mol. The number of amides is 1. The van der Waals surface area contributed by atoms with Gasteiger partial charge in [0.05, 0.1) is 4.90 Å². The van der Waals surface area contributed by atoms with Crippen molar-refractivity contribution in [2.75, 3.05) is 18.5 Å². The van der Waals surface area contributed by atoms with Crippen molar-refractivity contribution >= 4 is 21.6 Å². The van der Waals surface area contributed by atoms with Gasteiger partial charge in [-0.2, -0.15) is 0 Å². The summed E-state index contributed by atoms with van der Waals surface area (Å²) in [5.41, 5.74) is 1.52. The Balaban J connectivity index is 2.14. The first-order valence-corrected chi connectivity index (χ1v) is 9.48. The fraction of sp³-hybridized carbons (Fsp3) is 0.562. The number of aliphatic hydroxyl groups is 1. The second-order valence-electron chi connectivity index (χ2n) is 5.91. The summed E-state index contributed by atoms with van der Waals surface area (Å²) in [6, 6.07) is 4.76. The molecule has 128 valence electrons. The third kappa shape index (κ3) is 4.76. The predicted octanol–water partition coefficient (Wildman–Crippen LogP) is 1.65. The number of aliphatic hydroxyl groups excluding tert-OH is 1. The van der Waals surface area contributed by atoms with E-state index in [0.29, 0.717) is 24.9 Å². The minimum atomic E-state index is -3.62. The number of fused-ring (bicyclic) bond motifs is 1. The maximum atomic E-state index is 12.4. The molecule has 23 heavy (non-hydrogen) atoms. The molecule has 0 saturated heterocycles. The molecule has 0 bridgehead atoms. The quantitative estimate of drug-likeness (QED) is 0.703. The molecular formula is C16H24N2O4S. The smallest absolute Gasteiger partial charge is 0.240 e. The van der Waals surface area contributed by atoms with Gasteiger partial charge >= 0.3 is 0 Å². The fourth-order valence-electron chi connectivity index (χ4n) is 2.70. The average Bonchev–Trinajstić information content (AvgIpc) is 2.71. The number of benzene rings is 1. The summed E-state index contributed by atoms with van der Waals surface area (Å²) in [7, 11) is -3.62. The number of anilines is 1. The number of nitrogens with one attached hydrogen (secondary N) is 2. The SMILES string of the molecule is CCCC(CO)CNS(=O)(=O)c1ccc2c(c1)CCCC(=O)N2. The number of rotatable bonds is 7. The molecule has 0 saturated carbocycles. The van der Waals surface area contributed by atoms with Gasteiger partial charge in [-0.15, -0.1) is 0 Å². The Kier molecular flexibility index (Phi) is 6.15. The van der Waals surface area contributed by atoms with Gasteiger partial charge in [0.1, 0.15) is 0 Å². The summed E-state index contributed by atoms with van der Waals surface area (Å²) in [6.45, 7) is 2.19. The van der Waals surface area contributed by atoms with Gasteiger partial charge < -0.3 is 10.4 Å². The minimum absolute atomic E-state index is 0.0351. The lowest BCUT2D eigenvalue weighted by Crippen LogP contribution is -2.31. The molecule has 1 aliphatic heterocycles. The summed E-state index contributed by atoms with van der Waals surface area (Å²) in [6.07, 6.45) is 3.50. The molecule has 0 fully saturated rings. The van der Waals surface area contributed by atoms with E-state index in [1.807, 2.05) is 6.92 Å². The monoisotopic (exact) mass is 340 g/mol. The van der Waals surface area contributed by atoms with E-state index in [2.05, 4.69) is 10.0 Å². The Hall–Kier alpha value is -1.44. The summed E-state index contributed by atoms with van der Waals surface area (Å²) >= 11 is 0. The van der Waals surface area contributed by atoms with Gasteiger partial charge in [-0.1, -0.05) is 13.3 Å². The van der Waals surface area contributed by atoms with Crippen LogP contribution in [0.2, 0.25) is 0 Å². The molecule has 1 aliphatic rings. The Labute approximate surface area is 137 Å². The van der Waals surface area contributed by atoms with Crippen molar-refractivity contribution in [2.24, 2.45) is 5.92 Å². The van der Waals surface area contributed by atoms with Gasteiger partial charge in [0.25, 0.3) is 0 Å². The highest BCUT2D eigenvalue weighted by Gasteiger charge is 2.20. The van der Waals surface area contributed by atoms with Crippen molar-refractivity contribution in [1.82, 2.24) is 4.72 Å². The van der Waals surface area contributed by atoms with Crippen molar-refractivity contribution < 1.29 is 18.3 Å². The second-order valence-corrected chi connectivity index (χ2v) is 7.68. The standard InChI is InChI=1S/C16H24N2O4S/c1-2-4-12(11-19)10-17-23(21,22)14-7-8-15-13(9-14)5-3-6-16(20)18-15/h7-9,12,17,19H,2-6,10-11H2,1H3,(H,18,20). The summed E-state index contributed by atoms with van der Waals surface area (Å²) in [4.78, 5) is 11.7. The molecule has 0 aliphatic carbocycles. The number of hydrogen-bond acceptors (Lipinski definition) is 4. The van der Waals surface area contributed by atoms with Crippen LogP contribution in [0.3, 0.4) is 0 Å². The number of hydrogen-bond donors (Lipinski definition) is 3. The van der Waals surface area contributed by atoms with Crippen LogP contribution in [0.25, 0.3) is 0 Å². The van der Waals surface area contributed by atoms with E-state index in [1.165, 1.54) is 6.07 Å². The van der Waals surface area contributed by atoms with Crippen molar-refractivity contribution in [3.8, 4) is 0 Å². The highest BCUT2D eigenvalue weighted by molar-refractivity contribution is 7.89. The van der Waals surface area contributed by atoms with Crippen LogP contribution in [0.4, 0.5) is 5.69 Å². The van der Waals surface area contributed by atoms with Crippen LogP contribution in [0.15, 0.2) is 23.1 Å². The fourth-order valence-corrected chi connectivity index (χ4v) is 3.86. The van der Waals surface area contributed by atoms with Crippen LogP contribution in [0, 0.1) is 5.92 Å². The first kappa shape index (κ1) is 17.9. The summed E-state index contributed by atoms with van der Waals surface area (Å²) < 4.78 is 27.4. The topological polar surface area (TPSA) is 95.5 Å². The van der Waals surface area contributed by atoms with E-state index in [-0.39, 0.29) is 29.9 Å². The van der Waals surface area contributed by atoms with E-state index in [4.69, 9.17) is 0 Å². The highest BCUT2D eigenvalue weighted by Crippen LogP contribution is 2.25. The minimum Gasteiger partial charge on any atom is -0.396 e. The van der Waals surface area contributed by atoms with Gasteiger partial charge in [0.15, 0.2) is 0 Å². The van der Waals surface area contributed by atoms with Crippen molar-refractivity contribution in [3.63, 3.8) is 0 Å². The zero-order valence-corrected chi connectivity index (χ0v) is 14.2. The number of carbonyl (C=O) groups excluding carboxylic acids is 1. The zero-order chi connectivity index (χ0) is 16.9. The van der Waals surface area contributed by atoms with Gasteiger partial charge in [-0.25, -0.2) is 13.1 Å². The first-order valence-electron chi connectivity index (χ1n) is 7.99. The Bertz CT molecular complexity index is 658. The van der Waals surface area contributed by atoms with Crippen LogP contribution in [-0.2, 0) is 21.2 Å². The van der Waals surface area contributed by atoms with Gasteiger partial charge in [0.2, 0.25) is 15.9 Å². The maximum absolute atomic E-state index is 12.4. The molecule has 7 heteroatoms. The molecule has 0 aromatic heterocycles. The van der Waals surface area contributed by atoms with E-state index in [0.717, 1.165) is 18.4 Å². The molecule has 6 nitrogen and oxygen atoms in total. The van der Waals surface area contributed by atoms with Crippen molar-refractivity contribution in [2.45, 2.75) is 43.9 Å². The van der Waals surface area contributed by atoms with Crippen molar-refractivity contribution in [3.05, 3.63) is 23.8 Å². The van der Waals surface area contributed by atoms with Gasteiger partial charge in [-0.05, 0) is 48.9 Å². The molecule has 0 spiro atoms. The third-order valence-corrected chi connectivity index (χ3v) is 5.45. The lowest BCUT2D eigenvalue weighted by atomic mass is 10.1. The van der Waals surface area contributed by atoms with E-state index in [9.17, 15) is 18.3 Å². The van der Waals surface area contributed by atoms with Crippen LogP contribution in [0.5, 0.6) is 0 Å². The van der Waals surface area contributed by atoms with E-state index >= 15 is 0 Å². The molecule has 2 rings (SSSR count). The van der Waals surface area contributed by atoms with E-state index in [1.54, 1.807) is 12.1 Å². The van der Waals surface area contributed by atoms with Crippen LogP contribution < -0.4 is 10.0 Å². The molecule has 1 aromatic rings. The second kappa shape index (κ2) is 7.90. The molecule has 0 radical (unpaired) electrons. The average molecular weight is 340 g/mol. The maximum Gasteiger partial charge on any atom is 0.240 e. The Morgan fingerprint density at radius 1 is 1.35 bits per heavy atom. The van der Waals surface area contributed by atoms with Crippen LogP contribution >= 0.6 is 0 Å². The molecule has 1 amide bonds. The lowest BCUT2D eigenvalue weighted by Gasteiger charge is -2.15. The molecule has 1 aromatic carbocycles. The summed E-state index contributed by atoms with van der Waals surface area (Å²) in [5.74, 6) is -0.113. The molecule has 1 atom stereocenters. The first-order chi connectivity index (χ1) is 11.0. The molecular weight excluding hydrogens is 316 g/mol. The Morgan fingerprint density at radius 3 is 2.83 bits per heavy atom. The number of carbonyl (C=O) groups is 1. The lowest BCUT2D eigenvalue weighted by molar-refractivity contribution is -0.116. The number of sulfonamides is 1. The van der Waals surface area contributed by atoms with Crippen LogP contribution in [-0.4, -0.2) is 32.6 Å². The summed E-state index contributed by atoms with van der Waals surface area (Å²) in [5, 5.41) is 12.1. The molecule has 1 heterocycles. The van der Waals surface area contributed by atoms with Crippen molar-refractivity contribution in [1.29, 1.82) is 0 Å².